The molecular formula is C14H16BrNO. The molecule has 2 bridgehead atoms. The fourth-order valence-corrected chi connectivity index (χ4v) is 3.69. The molecule has 1 heterocycles. The Morgan fingerprint density at radius 3 is 2.82 bits per heavy atom. The number of carbonyl (C=O) groups excluding carboxylic acids is 1. The molecular weight excluding hydrogens is 278 g/mol. The molecule has 1 aromatic rings. The van der Waals surface area contributed by atoms with Crippen molar-refractivity contribution in [3.8, 4) is 0 Å². The minimum Gasteiger partial charge on any atom is -0.299 e. The molecule has 0 radical (unpaired) electrons. The van der Waals surface area contributed by atoms with Gasteiger partial charge in [0.1, 0.15) is 5.78 Å². The van der Waals surface area contributed by atoms with Crippen molar-refractivity contribution in [3.63, 3.8) is 0 Å². The third-order valence-corrected chi connectivity index (χ3v) is 4.76. The van der Waals surface area contributed by atoms with Crippen LogP contribution in [0.2, 0.25) is 0 Å². The Bertz CT molecular complexity index is 428. The number of halogens is 1. The van der Waals surface area contributed by atoms with Crippen molar-refractivity contribution < 1.29 is 4.79 Å². The number of hydrogen-bond donors (Lipinski definition) is 0. The van der Waals surface area contributed by atoms with Gasteiger partial charge in [0.2, 0.25) is 0 Å². The molecule has 2 aliphatic carbocycles. The standard InChI is InChI=1S/C14H16BrNO/c15-11-3-4-12(16-8-11)7-14(17)13-6-9-1-2-10(13)5-9/h3-4,8-10,13H,1-2,5-7H2. The average molecular weight is 294 g/mol. The molecule has 2 nitrogen and oxygen atoms in total. The Balaban J connectivity index is 1.65. The lowest BCUT2D eigenvalue weighted by molar-refractivity contribution is -0.123. The Labute approximate surface area is 110 Å². The van der Waals surface area contributed by atoms with Gasteiger partial charge in [-0.1, -0.05) is 6.42 Å². The van der Waals surface area contributed by atoms with Crippen LogP contribution < -0.4 is 0 Å². The molecule has 0 N–H and O–H groups in total. The van der Waals surface area contributed by atoms with Crippen molar-refractivity contribution in [1.82, 2.24) is 4.98 Å². The van der Waals surface area contributed by atoms with Gasteiger partial charge in [0.15, 0.2) is 0 Å². The smallest absolute Gasteiger partial charge is 0.142 e. The molecule has 0 spiro atoms. The molecule has 3 atom stereocenters. The maximum atomic E-state index is 12.2. The van der Waals surface area contributed by atoms with Crippen LogP contribution in [0.3, 0.4) is 0 Å². The largest absolute Gasteiger partial charge is 0.299 e. The molecule has 2 aliphatic rings. The zero-order chi connectivity index (χ0) is 11.8. The van der Waals surface area contributed by atoms with Gasteiger partial charge in [0.05, 0.1) is 0 Å². The van der Waals surface area contributed by atoms with Gasteiger partial charge in [0.25, 0.3) is 0 Å². The van der Waals surface area contributed by atoms with Crippen LogP contribution >= 0.6 is 15.9 Å². The van der Waals surface area contributed by atoms with Gasteiger partial charge in [-0.15, -0.1) is 0 Å². The summed E-state index contributed by atoms with van der Waals surface area (Å²) in [4.78, 5) is 16.5. The van der Waals surface area contributed by atoms with Crippen LogP contribution in [-0.2, 0) is 11.2 Å². The molecule has 90 valence electrons. The number of nitrogens with zero attached hydrogens (tertiary/aromatic N) is 1. The third kappa shape index (κ3) is 2.30. The second kappa shape index (κ2) is 4.52. The summed E-state index contributed by atoms with van der Waals surface area (Å²) >= 11 is 3.36. The van der Waals surface area contributed by atoms with E-state index in [0.29, 0.717) is 24.0 Å². The van der Waals surface area contributed by atoms with Crippen LogP contribution in [0, 0.1) is 17.8 Å². The van der Waals surface area contributed by atoms with Gasteiger partial charge in [-0.25, -0.2) is 0 Å². The first-order valence-corrected chi connectivity index (χ1v) is 7.15. The first-order chi connectivity index (χ1) is 8.22. The van der Waals surface area contributed by atoms with Crippen molar-refractivity contribution >= 4 is 21.7 Å². The molecule has 2 saturated carbocycles. The number of pyridine rings is 1. The van der Waals surface area contributed by atoms with Gasteiger partial charge in [-0.2, -0.15) is 0 Å². The SMILES string of the molecule is O=C(Cc1ccc(Br)cn1)C1CC2CCC1C2. The van der Waals surface area contributed by atoms with Gasteiger partial charge < -0.3 is 0 Å². The highest BCUT2D eigenvalue weighted by atomic mass is 79.9. The summed E-state index contributed by atoms with van der Waals surface area (Å²) < 4.78 is 0.966. The number of carbonyl (C=O) groups is 1. The minimum absolute atomic E-state index is 0.333. The van der Waals surface area contributed by atoms with E-state index in [4.69, 9.17) is 0 Å². The van der Waals surface area contributed by atoms with E-state index in [1.165, 1.54) is 19.3 Å². The van der Waals surface area contributed by atoms with Crippen LogP contribution in [-0.4, -0.2) is 10.8 Å². The van der Waals surface area contributed by atoms with Gasteiger partial charge >= 0.3 is 0 Å². The molecule has 0 saturated heterocycles. The average Bonchev–Trinajstić information content (AvgIpc) is 2.94. The van der Waals surface area contributed by atoms with E-state index in [9.17, 15) is 4.79 Å². The maximum absolute atomic E-state index is 12.2. The maximum Gasteiger partial charge on any atom is 0.142 e. The van der Waals surface area contributed by atoms with Crippen molar-refractivity contribution in [2.45, 2.75) is 32.1 Å². The van der Waals surface area contributed by atoms with E-state index >= 15 is 0 Å². The monoisotopic (exact) mass is 293 g/mol. The zero-order valence-corrected chi connectivity index (χ0v) is 11.3. The number of fused-ring (bicyclic) bond motifs is 2. The topological polar surface area (TPSA) is 30.0 Å². The molecule has 1 aromatic heterocycles. The zero-order valence-electron chi connectivity index (χ0n) is 9.73. The number of Topliss-reactive ketones (excluding diaryl/α,β-unsaturated/α-hetero) is 1. The Morgan fingerprint density at radius 2 is 2.24 bits per heavy atom. The predicted molar refractivity (Wildman–Crippen MR) is 69.6 cm³/mol. The summed E-state index contributed by atoms with van der Waals surface area (Å²) in [6, 6.07) is 3.89. The number of hydrogen-bond acceptors (Lipinski definition) is 2. The lowest BCUT2D eigenvalue weighted by Gasteiger charge is -2.19. The fourth-order valence-electron chi connectivity index (χ4n) is 3.46. The first kappa shape index (κ1) is 11.4. The van der Waals surface area contributed by atoms with E-state index in [0.717, 1.165) is 22.5 Å². The molecule has 0 aliphatic heterocycles. The normalized spacial score (nSPS) is 30.8. The van der Waals surface area contributed by atoms with Crippen molar-refractivity contribution in [2.24, 2.45) is 17.8 Å². The van der Waals surface area contributed by atoms with Crippen LogP contribution in [0.1, 0.15) is 31.4 Å². The molecule has 3 rings (SSSR count). The van der Waals surface area contributed by atoms with E-state index in [-0.39, 0.29) is 0 Å². The summed E-state index contributed by atoms with van der Waals surface area (Å²) in [5, 5.41) is 0. The third-order valence-electron chi connectivity index (χ3n) is 4.30. The number of rotatable bonds is 3. The summed E-state index contributed by atoms with van der Waals surface area (Å²) in [5.74, 6) is 2.26. The minimum atomic E-state index is 0.333. The highest BCUT2D eigenvalue weighted by Crippen LogP contribution is 2.48. The molecule has 3 unspecified atom stereocenters. The Kier molecular flexibility index (Phi) is 3.03. The lowest BCUT2D eigenvalue weighted by atomic mass is 9.84. The van der Waals surface area contributed by atoms with Gasteiger partial charge in [0, 0.05) is 28.7 Å². The fraction of sp³-hybridized carbons (Fsp3) is 0.571. The highest BCUT2D eigenvalue weighted by Gasteiger charge is 2.42. The lowest BCUT2D eigenvalue weighted by Crippen LogP contribution is -2.22. The van der Waals surface area contributed by atoms with Crippen LogP contribution in [0.15, 0.2) is 22.8 Å². The van der Waals surface area contributed by atoms with Crippen molar-refractivity contribution in [3.05, 3.63) is 28.5 Å². The van der Waals surface area contributed by atoms with Crippen molar-refractivity contribution in [1.29, 1.82) is 0 Å². The summed E-state index contributed by atoms with van der Waals surface area (Å²) in [5.41, 5.74) is 0.904. The molecule has 2 fully saturated rings. The predicted octanol–water partition coefficient (Wildman–Crippen LogP) is 3.39. The van der Waals surface area contributed by atoms with Crippen LogP contribution in [0.5, 0.6) is 0 Å². The molecule has 3 heteroatoms. The van der Waals surface area contributed by atoms with Crippen molar-refractivity contribution in [2.75, 3.05) is 0 Å². The molecule has 17 heavy (non-hydrogen) atoms. The number of ketones is 1. The Morgan fingerprint density at radius 1 is 1.35 bits per heavy atom. The summed E-state index contributed by atoms with van der Waals surface area (Å²) in [7, 11) is 0. The van der Waals surface area contributed by atoms with Gasteiger partial charge in [-0.3, -0.25) is 9.78 Å². The Hall–Kier alpha value is -0.700. The van der Waals surface area contributed by atoms with E-state index in [1.54, 1.807) is 6.20 Å². The quantitative estimate of drug-likeness (QED) is 0.855. The molecule has 0 aromatic carbocycles. The second-order valence-corrected chi connectivity index (χ2v) is 6.31. The summed E-state index contributed by atoms with van der Waals surface area (Å²) in [6.07, 6.45) is 7.34. The second-order valence-electron chi connectivity index (χ2n) is 5.39. The number of aromatic nitrogens is 1. The molecule has 0 amide bonds. The van der Waals surface area contributed by atoms with E-state index in [2.05, 4.69) is 20.9 Å². The van der Waals surface area contributed by atoms with Gasteiger partial charge in [-0.05, 0) is 59.2 Å². The summed E-state index contributed by atoms with van der Waals surface area (Å²) in [6.45, 7) is 0. The van der Waals surface area contributed by atoms with E-state index in [1.807, 2.05) is 12.1 Å². The van der Waals surface area contributed by atoms with Crippen LogP contribution in [0.4, 0.5) is 0 Å². The highest BCUT2D eigenvalue weighted by molar-refractivity contribution is 9.10. The van der Waals surface area contributed by atoms with E-state index < -0.39 is 0 Å². The van der Waals surface area contributed by atoms with Crippen LogP contribution in [0.25, 0.3) is 0 Å². The first-order valence-electron chi connectivity index (χ1n) is 6.35.